The minimum atomic E-state index is -0.0227. The van der Waals surface area contributed by atoms with E-state index in [1.807, 2.05) is 26.8 Å². The fourth-order valence-electron chi connectivity index (χ4n) is 3.50. The number of Topliss-reactive ketones (excluding diaryl/α,β-unsaturated/α-hetero) is 1. The molecule has 5 heteroatoms. The number of hydrogen-bond acceptors (Lipinski definition) is 4. The van der Waals surface area contributed by atoms with Crippen molar-refractivity contribution in [1.29, 1.82) is 0 Å². The summed E-state index contributed by atoms with van der Waals surface area (Å²) in [6, 6.07) is 2.06. The summed E-state index contributed by atoms with van der Waals surface area (Å²) in [5.74, 6) is 0.798. The highest BCUT2D eigenvalue weighted by atomic mass is 32.1. The van der Waals surface area contributed by atoms with E-state index in [1.54, 1.807) is 11.3 Å². The SMILES string of the molecule is Cc1cc(C(=O)CCC(=O)N[C@H](C)CN2CCC[C@@H](C)C2)c(C)s1. The summed E-state index contributed by atoms with van der Waals surface area (Å²) in [7, 11) is 0. The van der Waals surface area contributed by atoms with Crippen molar-refractivity contribution in [2.45, 2.75) is 59.4 Å². The zero-order valence-corrected chi connectivity index (χ0v) is 16.2. The van der Waals surface area contributed by atoms with Crippen LogP contribution in [0.25, 0.3) is 0 Å². The fraction of sp³-hybridized carbons (Fsp3) is 0.684. The summed E-state index contributed by atoms with van der Waals surface area (Å²) in [5, 5.41) is 3.04. The first-order chi connectivity index (χ1) is 11.3. The molecule has 1 aliphatic rings. The van der Waals surface area contributed by atoms with Gasteiger partial charge in [0, 0.05) is 47.3 Å². The first kappa shape index (κ1) is 19.1. The number of likely N-dealkylation sites (tertiary alicyclic amines) is 1. The van der Waals surface area contributed by atoms with Crippen molar-refractivity contribution >= 4 is 23.0 Å². The lowest BCUT2D eigenvalue weighted by molar-refractivity contribution is -0.121. The van der Waals surface area contributed by atoms with Gasteiger partial charge >= 0.3 is 0 Å². The van der Waals surface area contributed by atoms with Gasteiger partial charge in [0.2, 0.25) is 5.91 Å². The number of hydrogen-bond donors (Lipinski definition) is 1. The van der Waals surface area contributed by atoms with E-state index in [0.717, 1.165) is 40.9 Å². The van der Waals surface area contributed by atoms with Crippen molar-refractivity contribution in [2.75, 3.05) is 19.6 Å². The number of nitrogens with one attached hydrogen (secondary N) is 1. The van der Waals surface area contributed by atoms with Gasteiger partial charge in [-0.05, 0) is 52.1 Å². The molecule has 2 rings (SSSR count). The van der Waals surface area contributed by atoms with Crippen molar-refractivity contribution in [3.8, 4) is 0 Å². The molecule has 0 saturated carbocycles. The van der Waals surface area contributed by atoms with E-state index < -0.39 is 0 Å². The summed E-state index contributed by atoms with van der Waals surface area (Å²) in [6.07, 6.45) is 3.11. The number of carbonyl (C=O) groups excluding carboxylic acids is 2. The number of amides is 1. The lowest BCUT2D eigenvalue weighted by atomic mass is 10.00. The molecular weight excluding hydrogens is 320 g/mol. The first-order valence-electron chi connectivity index (χ1n) is 8.97. The van der Waals surface area contributed by atoms with Gasteiger partial charge in [0.1, 0.15) is 0 Å². The molecule has 1 fully saturated rings. The highest BCUT2D eigenvalue weighted by Gasteiger charge is 2.19. The second-order valence-electron chi connectivity index (χ2n) is 7.23. The summed E-state index contributed by atoms with van der Waals surface area (Å²) in [4.78, 5) is 29.0. The Morgan fingerprint density at radius 3 is 2.75 bits per heavy atom. The van der Waals surface area contributed by atoms with Crippen molar-refractivity contribution < 1.29 is 9.59 Å². The maximum Gasteiger partial charge on any atom is 0.220 e. The summed E-state index contributed by atoms with van der Waals surface area (Å²) in [6.45, 7) is 11.4. The smallest absolute Gasteiger partial charge is 0.220 e. The molecule has 0 aliphatic carbocycles. The van der Waals surface area contributed by atoms with Crippen LogP contribution in [0.2, 0.25) is 0 Å². The molecule has 1 aromatic heterocycles. The molecule has 2 atom stereocenters. The van der Waals surface area contributed by atoms with Gasteiger partial charge in [-0.3, -0.25) is 9.59 Å². The molecular formula is C19H30N2O2S. The van der Waals surface area contributed by atoms with E-state index in [-0.39, 0.29) is 30.6 Å². The Labute approximate surface area is 149 Å². The molecule has 1 amide bonds. The Morgan fingerprint density at radius 2 is 2.12 bits per heavy atom. The molecule has 1 aliphatic heterocycles. The molecule has 0 unspecified atom stereocenters. The highest BCUT2D eigenvalue weighted by Crippen LogP contribution is 2.22. The maximum atomic E-state index is 12.2. The molecule has 0 radical (unpaired) electrons. The molecule has 0 aromatic carbocycles. The predicted octanol–water partition coefficient (Wildman–Crippen LogP) is 3.56. The number of piperidine rings is 1. The largest absolute Gasteiger partial charge is 0.352 e. The number of ketones is 1. The topological polar surface area (TPSA) is 49.4 Å². The van der Waals surface area contributed by atoms with Gasteiger partial charge < -0.3 is 10.2 Å². The standard InChI is InChI=1S/C19H30N2O2S/c1-13-6-5-9-21(11-13)12-14(2)20-19(23)8-7-18(22)17-10-15(3)24-16(17)4/h10,13-14H,5-9,11-12H2,1-4H3,(H,20,23)/t13-,14-/m1/s1. The lowest BCUT2D eigenvalue weighted by Gasteiger charge is -2.32. The van der Waals surface area contributed by atoms with Gasteiger partial charge in [0.05, 0.1) is 0 Å². The molecule has 0 spiro atoms. The molecule has 2 heterocycles. The Hall–Kier alpha value is -1.20. The highest BCUT2D eigenvalue weighted by molar-refractivity contribution is 7.12. The molecule has 1 aromatic rings. The van der Waals surface area contributed by atoms with Gasteiger partial charge in [-0.2, -0.15) is 0 Å². The van der Waals surface area contributed by atoms with Crippen LogP contribution in [0.5, 0.6) is 0 Å². The van der Waals surface area contributed by atoms with E-state index in [4.69, 9.17) is 0 Å². The lowest BCUT2D eigenvalue weighted by Crippen LogP contribution is -2.45. The van der Waals surface area contributed by atoms with Crippen molar-refractivity contribution in [3.63, 3.8) is 0 Å². The van der Waals surface area contributed by atoms with Crippen LogP contribution in [0.1, 0.15) is 59.6 Å². The van der Waals surface area contributed by atoms with Crippen LogP contribution in [0.15, 0.2) is 6.07 Å². The average Bonchev–Trinajstić information content (AvgIpc) is 2.83. The van der Waals surface area contributed by atoms with Crippen molar-refractivity contribution in [3.05, 3.63) is 21.4 Å². The summed E-state index contributed by atoms with van der Waals surface area (Å²) in [5.41, 5.74) is 0.778. The molecule has 24 heavy (non-hydrogen) atoms. The fourth-order valence-corrected chi connectivity index (χ4v) is 4.44. The van der Waals surface area contributed by atoms with Gasteiger partial charge in [-0.25, -0.2) is 0 Å². The van der Waals surface area contributed by atoms with Crippen LogP contribution >= 0.6 is 11.3 Å². The molecule has 1 saturated heterocycles. The average molecular weight is 351 g/mol. The Morgan fingerprint density at radius 1 is 1.38 bits per heavy atom. The van der Waals surface area contributed by atoms with Gasteiger partial charge in [-0.15, -0.1) is 11.3 Å². The van der Waals surface area contributed by atoms with Crippen molar-refractivity contribution in [2.24, 2.45) is 5.92 Å². The normalized spacial score (nSPS) is 19.9. The van der Waals surface area contributed by atoms with E-state index >= 15 is 0 Å². The minimum Gasteiger partial charge on any atom is -0.352 e. The van der Waals surface area contributed by atoms with Gasteiger partial charge in [0.15, 0.2) is 5.78 Å². The Bertz CT molecular complexity index is 582. The second kappa shape index (κ2) is 8.77. The third kappa shape index (κ3) is 5.71. The number of rotatable bonds is 7. The Kier molecular flexibility index (Phi) is 6.99. The second-order valence-corrected chi connectivity index (χ2v) is 8.69. The molecule has 1 N–H and O–H groups in total. The van der Waals surface area contributed by atoms with Crippen LogP contribution in [0.3, 0.4) is 0 Å². The predicted molar refractivity (Wildman–Crippen MR) is 99.8 cm³/mol. The summed E-state index contributed by atoms with van der Waals surface area (Å²) >= 11 is 1.64. The first-order valence-corrected chi connectivity index (χ1v) is 9.78. The molecule has 134 valence electrons. The van der Waals surface area contributed by atoms with Crippen molar-refractivity contribution in [1.82, 2.24) is 10.2 Å². The zero-order chi connectivity index (χ0) is 17.7. The zero-order valence-electron chi connectivity index (χ0n) is 15.4. The summed E-state index contributed by atoms with van der Waals surface area (Å²) < 4.78 is 0. The number of thiophene rings is 1. The van der Waals surface area contributed by atoms with E-state index in [2.05, 4.69) is 17.1 Å². The van der Waals surface area contributed by atoms with Crippen LogP contribution in [0.4, 0.5) is 0 Å². The van der Waals surface area contributed by atoms with Crippen LogP contribution in [-0.4, -0.2) is 42.3 Å². The Balaban J connectivity index is 1.72. The third-order valence-corrected chi connectivity index (χ3v) is 5.57. The van der Waals surface area contributed by atoms with Gasteiger partial charge in [-0.1, -0.05) is 6.92 Å². The van der Waals surface area contributed by atoms with Crippen LogP contribution in [0, 0.1) is 19.8 Å². The van der Waals surface area contributed by atoms with E-state index in [9.17, 15) is 9.59 Å². The minimum absolute atomic E-state index is 0.0227. The number of aryl methyl sites for hydroxylation is 2. The maximum absolute atomic E-state index is 12.2. The quantitative estimate of drug-likeness (QED) is 0.765. The molecule has 0 bridgehead atoms. The van der Waals surface area contributed by atoms with Crippen LogP contribution < -0.4 is 5.32 Å². The van der Waals surface area contributed by atoms with E-state index in [1.165, 1.54) is 12.8 Å². The van der Waals surface area contributed by atoms with E-state index in [0.29, 0.717) is 0 Å². The number of nitrogens with zero attached hydrogens (tertiary/aromatic N) is 1. The molecule has 4 nitrogen and oxygen atoms in total. The van der Waals surface area contributed by atoms with Gasteiger partial charge in [0.25, 0.3) is 0 Å². The number of carbonyl (C=O) groups is 2. The third-order valence-electron chi connectivity index (χ3n) is 4.60. The van der Waals surface area contributed by atoms with Crippen LogP contribution in [-0.2, 0) is 4.79 Å². The monoisotopic (exact) mass is 350 g/mol.